The fraction of sp³-hybridized carbons (Fsp3) is 0.417. The Kier molecular flexibility index (Phi) is 3.66. The van der Waals surface area contributed by atoms with Gasteiger partial charge in [0, 0.05) is 18.8 Å². The second-order valence-electron chi connectivity index (χ2n) is 5.21. The first-order valence-electron chi connectivity index (χ1n) is 6.14. The highest BCUT2D eigenvalue weighted by Gasteiger charge is 2.46. The van der Waals surface area contributed by atoms with Gasteiger partial charge in [0.2, 0.25) is 15.9 Å². The maximum Gasteiger partial charge on any atom is 0.249 e. The minimum Gasteiger partial charge on any atom is -0.399 e. The van der Waals surface area contributed by atoms with Crippen molar-refractivity contribution in [3.05, 3.63) is 23.8 Å². The number of hydrogen-bond acceptors (Lipinski definition) is 4. The Bertz CT molecular complexity index is 681. The predicted molar refractivity (Wildman–Crippen MR) is 71.8 cm³/mol. The molecule has 0 spiro atoms. The predicted octanol–water partition coefficient (Wildman–Crippen LogP) is 0.446. The molecular formula is C12H15F2N3O3S. The van der Waals surface area contributed by atoms with Crippen LogP contribution in [0.3, 0.4) is 0 Å². The fourth-order valence-electron chi connectivity index (χ4n) is 2.24. The van der Waals surface area contributed by atoms with Crippen LogP contribution in [0.5, 0.6) is 0 Å². The number of rotatable bonds is 2. The number of nitrogen functional groups attached to an aromatic ring is 1. The number of carbonyl (C=O) groups excluding carboxylic acids is 1. The van der Waals surface area contributed by atoms with Crippen molar-refractivity contribution in [1.82, 2.24) is 9.62 Å². The zero-order valence-corrected chi connectivity index (χ0v) is 12.3. The van der Waals surface area contributed by atoms with Gasteiger partial charge in [-0.15, -0.1) is 0 Å². The molecule has 1 heterocycles. The molecule has 3 N–H and O–H groups in total. The number of halogens is 2. The van der Waals surface area contributed by atoms with Crippen molar-refractivity contribution in [1.29, 1.82) is 0 Å². The summed E-state index contributed by atoms with van der Waals surface area (Å²) < 4.78 is 53.6. The molecule has 0 unspecified atom stereocenters. The number of piperazine rings is 1. The van der Waals surface area contributed by atoms with E-state index < -0.39 is 38.0 Å². The normalized spacial score (nSPS) is 19.3. The van der Waals surface area contributed by atoms with Crippen LogP contribution in [0, 0.1) is 11.6 Å². The molecule has 9 heteroatoms. The van der Waals surface area contributed by atoms with Gasteiger partial charge in [0.15, 0.2) is 4.90 Å². The van der Waals surface area contributed by atoms with Crippen LogP contribution in [-0.4, -0.2) is 37.3 Å². The Morgan fingerprint density at radius 1 is 1.29 bits per heavy atom. The number of nitrogens with zero attached hydrogens (tertiary/aromatic N) is 1. The van der Waals surface area contributed by atoms with E-state index in [0.717, 1.165) is 16.4 Å². The lowest BCUT2D eigenvalue weighted by Crippen LogP contribution is -2.63. The van der Waals surface area contributed by atoms with Crippen LogP contribution in [-0.2, 0) is 14.8 Å². The van der Waals surface area contributed by atoms with Gasteiger partial charge < -0.3 is 11.1 Å². The quantitative estimate of drug-likeness (QED) is 0.774. The minimum absolute atomic E-state index is 0.0692. The molecule has 6 nitrogen and oxygen atoms in total. The van der Waals surface area contributed by atoms with Crippen molar-refractivity contribution in [2.45, 2.75) is 24.3 Å². The molecule has 0 radical (unpaired) electrons. The molecule has 1 amide bonds. The summed E-state index contributed by atoms with van der Waals surface area (Å²) in [6.07, 6.45) is 0. The average Bonchev–Trinajstić information content (AvgIpc) is 2.30. The maximum atomic E-state index is 13.9. The molecule has 0 aromatic heterocycles. The summed E-state index contributed by atoms with van der Waals surface area (Å²) in [5.41, 5.74) is 3.60. The number of amides is 1. The Morgan fingerprint density at radius 3 is 2.33 bits per heavy atom. The van der Waals surface area contributed by atoms with Crippen LogP contribution < -0.4 is 11.1 Å². The number of sulfonamides is 1. The number of benzene rings is 1. The Balaban J connectivity index is 2.60. The third kappa shape index (κ3) is 2.46. The van der Waals surface area contributed by atoms with E-state index in [0.29, 0.717) is 0 Å². The standard InChI is InChI=1S/C12H15F2N3O3S/c1-12(2)11(18)16-3-4-17(12)21(19,20)10-8(13)5-7(15)6-9(10)14/h5-6H,3-4,15H2,1-2H3,(H,16,18). The third-order valence-corrected chi connectivity index (χ3v) is 5.47. The number of carbonyl (C=O) groups is 1. The molecular weight excluding hydrogens is 304 g/mol. The van der Waals surface area contributed by atoms with Gasteiger partial charge in [0.05, 0.1) is 0 Å². The van der Waals surface area contributed by atoms with Gasteiger partial charge in [-0.05, 0) is 26.0 Å². The zero-order chi connectivity index (χ0) is 16.0. The molecule has 116 valence electrons. The van der Waals surface area contributed by atoms with E-state index in [2.05, 4.69) is 5.32 Å². The lowest BCUT2D eigenvalue weighted by molar-refractivity contribution is -0.131. The van der Waals surface area contributed by atoms with Crippen molar-refractivity contribution < 1.29 is 22.0 Å². The second kappa shape index (κ2) is 4.92. The van der Waals surface area contributed by atoms with E-state index in [1.807, 2.05) is 0 Å². The first-order chi connectivity index (χ1) is 9.58. The van der Waals surface area contributed by atoms with Gasteiger partial charge in [0.25, 0.3) is 0 Å². The van der Waals surface area contributed by atoms with Crippen LogP contribution >= 0.6 is 0 Å². The summed E-state index contributed by atoms with van der Waals surface area (Å²) in [7, 11) is -4.51. The van der Waals surface area contributed by atoms with E-state index in [-0.39, 0.29) is 18.8 Å². The van der Waals surface area contributed by atoms with Crippen molar-refractivity contribution in [3.8, 4) is 0 Å². The maximum absolute atomic E-state index is 13.9. The summed E-state index contributed by atoms with van der Waals surface area (Å²) >= 11 is 0. The molecule has 1 fully saturated rings. The van der Waals surface area contributed by atoms with E-state index in [9.17, 15) is 22.0 Å². The summed E-state index contributed by atoms with van der Waals surface area (Å²) in [5, 5.41) is 2.51. The molecule has 0 atom stereocenters. The molecule has 0 saturated carbocycles. The monoisotopic (exact) mass is 319 g/mol. The summed E-state index contributed by atoms with van der Waals surface area (Å²) in [6.45, 7) is 2.72. The van der Waals surface area contributed by atoms with Gasteiger partial charge in [-0.25, -0.2) is 17.2 Å². The van der Waals surface area contributed by atoms with Crippen molar-refractivity contribution in [2.75, 3.05) is 18.8 Å². The highest BCUT2D eigenvalue weighted by Crippen LogP contribution is 2.30. The second-order valence-corrected chi connectivity index (χ2v) is 7.00. The number of nitrogens with one attached hydrogen (secondary N) is 1. The highest BCUT2D eigenvalue weighted by atomic mass is 32.2. The van der Waals surface area contributed by atoms with Gasteiger partial charge in [-0.3, -0.25) is 4.79 Å². The number of hydrogen-bond donors (Lipinski definition) is 2. The largest absolute Gasteiger partial charge is 0.399 e. The average molecular weight is 319 g/mol. The SMILES string of the molecule is CC1(C)C(=O)NCCN1S(=O)(=O)c1c(F)cc(N)cc1F. The summed E-state index contributed by atoms with van der Waals surface area (Å²) in [4.78, 5) is 10.7. The van der Waals surface area contributed by atoms with Gasteiger partial charge in [-0.1, -0.05) is 0 Å². The van der Waals surface area contributed by atoms with Crippen LogP contribution in [0.2, 0.25) is 0 Å². The highest BCUT2D eigenvalue weighted by molar-refractivity contribution is 7.89. The number of nitrogens with two attached hydrogens (primary N) is 1. The Labute approximate surface area is 121 Å². The summed E-state index contributed by atoms with van der Waals surface area (Å²) in [6, 6.07) is 1.46. The van der Waals surface area contributed by atoms with E-state index >= 15 is 0 Å². The van der Waals surface area contributed by atoms with Crippen molar-refractivity contribution >= 4 is 21.6 Å². The lowest BCUT2D eigenvalue weighted by atomic mass is 10.0. The fourth-order valence-corrected chi connectivity index (χ4v) is 4.08. The molecule has 1 aliphatic heterocycles. The molecule has 1 aromatic rings. The van der Waals surface area contributed by atoms with Crippen LogP contribution in [0.15, 0.2) is 17.0 Å². The van der Waals surface area contributed by atoms with Crippen molar-refractivity contribution in [3.63, 3.8) is 0 Å². The molecule has 0 aliphatic carbocycles. The molecule has 1 aromatic carbocycles. The molecule has 1 saturated heterocycles. The zero-order valence-electron chi connectivity index (χ0n) is 11.5. The van der Waals surface area contributed by atoms with E-state index in [1.165, 1.54) is 13.8 Å². The smallest absolute Gasteiger partial charge is 0.249 e. The van der Waals surface area contributed by atoms with Crippen LogP contribution in [0.25, 0.3) is 0 Å². The van der Waals surface area contributed by atoms with Gasteiger partial charge in [0.1, 0.15) is 17.2 Å². The first kappa shape index (κ1) is 15.6. The summed E-state index contributed by atoms with van der Waals surface area (Å²) in [5.74, 6) is -3.10. The molecule has 1 aliphatic rings. The lowest BCUT2D eigenvalue weighted by Gasteiger charge is -2.39. The molecule has 0 bridgehead atoms. The third-order valence-electron chi connectivity index (χ3n) is 3.35. The molecule has 21 heavy (non-hydrogen) atoms. The van der Waals surface area contributed by atoms with Crippen molar-refractivity contribution in [2.24, 2.45) is 0 Å². The van der Waals surface area contributed by atoms with E-state index in [1.54, 1.807) is 0 Å². The number of anilines is 1. The van der Waals surface area contributed by atoms with Crippen LogP contribution in [0.4, 0.5) is 14.5 Å². The van der Waals surface area contributed by atoms with Gasteiger partial charge in [-0.2, -0.15) is 4.31 Å². The van der Waals surface area contributed by atoms with Gasteiger partial charge >= 0.3 is 0 Å². The Hall–Kier alpha value is -1.74. The Morgan fingerprint density at radius 2 is 1.81 bits per heavy atom. The first-order valence-corrected chi connectivity index (χ1v) is 7.58. The van der Waals surface area contributed by atoms with E-state index in [4.69, 9.17) is 5.73 Å². The molecule has 2 rings (SSSR count). The van der Waals surface area contributed by atoms with Crippen LogP contribution in [0.1, 0.15) is 13.8 Å². The topological polar surface area (TPSA) is 92.5 Å². The minimum atomic E-state index is -4.51.